The lowest BCUT2D eigenvalue weighted by Crippen LogP contribution is -2.37. The smallest absolute Gasteiger partial charge is 0.389 e. The van der Waals surface area contributed by atoms with Gasteiger partial charge in [0, 0.05) is 30.2 Å². The molecule has 0 N–H and O–H groups in total. The largest absolute Gasteiger partial charge is 0.416 e. The van der Waals surface area contributed by atoms with Crippen molar-refractivity contribution in [1.82, 2.24) is 19.9 Å². The summed E-state index contributed by atoms with van der Waals surface area (Å²) in [4.78, 5) is 14.1. The van der Waals surface area contributed by atoms with Gasteiger partial charge in [0.15, 0.2) is 5.69 Å². The van der Waals surface area contributed by atoms with E-state index in [1.807, 2.05) is 24.3 Å². The highest BCUT2D eigenvalue weighted by Crippen LogP contribution is 2.29. The Hall–Kier alpha value is -1.89. The number of ether oxygens (including phenoxy) is 1. The highest BCUT2D eigenvalue weighted by atomic mass is 79.9. The first-order chi connectivity index (χ1) is 11.1. The third-order valence-electron chi connectivity index (χ3n) is 4.24. The topological polar surface area (TPSA) is 60.3 Å². The molecule has 1 amide bonds. The summed E-state index contributed by atoms with van der Waals surface area (Å²) in [6, 6.07) is 7.92. The van der Waals surface area contributed by atoms with Crippen molar-refractivity contribution in [1.29, 1.82) is 0 Å². The molecule has 3 rings (SSSR count). The maximum Gasteiger partial charge on any atom is 0.416 e. The summed E-state index contributed by atoms with van der Waals surface area (Å²) in [5, 5.41) is 8.11. The number of benzene rings is 1. The summed E-state index contributed by atoms with van der Waals surface area (Å²) in [7, 11) is 3.51. The summed E-state index contributed by atoms with van der Waals surface area (Å²) in [6.45, 7) is 0. The minimum Gasteiger partial charge on any atom is -0.389 e. The van der Waals surface area contributed by atoms with Crippen LogP contribution in [0.2, 0.25) is 0 Å². The highest BCUT2D eigenvalue weighted by molar-refractivity contribution is 9.10. The molecule has 1 aromatic heterocycles. The average molecular weight is 379 g/mol. The van der Waals surface area contributed by atoms with Gasteiger partial charge < -0.3 is 9.64 Å². The van der Waals surface area contributed by atoms with E-state index in [-0.39, 0.29) is 12.1 Å². The third kappa shape index (κ3) is 3.39. The second kappa shape index (κ2) is 6.70. The van der Waals surface area contributed by atoms with Crippen LogP contribution in [0.4, 0.5) is 4.79 Å². The van der Waals surface area contributed by atoms with E-state index in [9.17, 15) is 4.79 Å². The zero-order valence-corrected chi connectivity index (χ0v) is 14.8. The van der Waals surface area contributed by atoms with Gasteiger partial charge in [-0.2, -0.15) is 0 Å². The Bertz CT molecular complexity index is 693. The fourth-order valence-electron chi connectivity index (χ4n) is 2.85. The molecule has 1 aromatic carbocycles. The Kier molecular flexibility index (Phi) is 4.66. The molecule has 122 valence electrons. The zero-order valence-electron chi connectivity index (χ0n) is 13.2. The zero-order chi connectivity index (χ0) is 16.4. The van der Waals surface area contributed by atoms with Crippen LogP contribution >= 0.6 is 15.9 Å². The quantitative estimate of drug-likeness (QED) is 0.818. The van der Waals surface area contributed by atoms with Crippen LogP contribution in [0, 0.1) is 0 Å². The van der Waals surface area contributed by atoms with Gasteiger partial charge in [-0.3, -0.25) is 0 Å². The monoisotopic (exact) mass is 378 g/mol. The average Bonchev–Trinajstić information content (AvgIpc) is 3.19. The molecule has 1 fully saturated rings. The standard InChI is InChI=1S/C16H19BrN4O2/c1-20(13-5-3-4-6-13)16(22)23-15-14(18-19-21(15)2)11-7-9-12(17)10-8-11/h7-10,13H,3-6H2,1-2H3. The summed E-state index contributed by atoms with van der Waals surface area (Å²) in [6.07, 6.45) is 4.05. The van der Waals surface area contributed by atoms with Crippen LogP contribution in [-0.2, 0) is 7.05 Å². The van der Waals surface area contributed by atoms with Crippen molar-refractivity contribution in [2.24, 2.45) is 7.05 Å². The van der Waals surface area contributed by atoms with Crippen LogP contribution in [-0.4, -0.2) is 39.1 Å². The summed E-state index contributed by atoms with van der Waals surface area (Å²) >= 11 is 3.41. The highest BCUT2D eigenvalue weighted by Gasteiger charge is 2.26. The second-order valence-corrected chi connectivity index (χ2v) is 6.71. The minimum absolute atomic E-state index is 0.264. The van der Waals surface area contributed by atoms with Gasteiger partial charge in [-0.05, 0) is 25.0 Å². The summed E-state index contributed by atoms with van der Waals surface area (Å²) in [5.41, 5.74) is 1.42. The van der Waals surface area contributed by atoms with Crippen molar-refractivity contribution in [2.45, 2.75) is 31.7 Å². The first kappa shape index (κ1) is 16.0. The number of aryl methyl sites for hydroxylation is 1. The number of carbonyl (C=O) groups is 1. The third-order valence-corrected chi connectivity index (χ3v) is 4.77. The number of nitrogens with zero attached hydrogens (tertiary/aromatic N) is 4. The molecule has 7 heteroatoms. The number of carbonyl (C=O) groups excluding carboxylic acids is 1. The van der Waals surface area contributed by atoms with E-state index < -0.39 is 0 Å². The van der Waals surface area contributed by atoms with E-state index in [4.69, 9.17) is 4.74 Å². The normalized spacial score (nSPS) is 14.9. The number of hydrogen-bond donors (Lipinski definition) is 0. The number of rotatable bonds is 3. The van der Waals surface area contributed by atoms with Gasteiger partial charge in [0.2, 0.25) is 0 Å². The lowest BCUT2D eigenvalue weighted by atomic mass is 10.2. The molecule has 0 spiro atoms. The molecule has 1 aliphatic carbocycles. The molecule has 0 aliphatic heterocycles. The lowest BCUT2D eigenvalue weighted by molar-refractivity contribution is 0.142. The van der Waals surface area contributed by atoms with Crippen molar-refractivity contribution >= 4 is 22.0 Å². The van der Waals surface area contributed by atoms with Crippen molar-refractivity contribution in [3.8, 4) is 17.1 Å². The van der Waals surface area contributed by atoms with Crippen LogP contribution in [0.3, 0.4) is 0 Å². The molecule has 0 bridgehead atoms. The van der Waals surface area contributed by atoms with E-state index in [0.717, 1.165) is 22.9 Å². The van der Waals surface area contributed by atoms with Gasteiger partial charge in [-0.15, -0.1) is 5.10 Å². The Morgan fingerprint density at radius 2 is 1.96 bits per heavy atom. The van der Waals surface area contributed by atoms with Crippen molar-refractivity contribution in [2.75, 3.05) is 7.05 Å². The fraction of sp³-hybridized carbons (Fsp3) is 0.438. The number of aromatic nitrogens is 3. The Balaban J connectivity index is 1.81. The fourth-order valence-corrected chi connectivity index (χ4v) is 3.11. The van der Waals surface area contributed by atoms with Crippen LogP contribution < -0.4 is 4.74 Å². The van der Waals surface area contributed by atoms with Crippen LogP contribution in [0.25, 0.3) is 11.3 Å². The van der Waals surface area contributed by atoms with Gasteiger partial charge in [-0.25, -0.2) is 9.48 Å². The van der Waals surface area contributed by atoms with E-state index in [0.29, 0.717) is 11.6 Å². The number of hydrogen-bond acceptors (Lipinski definition) is 4. The van der Waals surface area contributed by atoms with Gasteiger partial charge >= 0.3 is 6.09 Å². The first-order valence-corrected chi connectivity index (χ1v) is 8.46. The molecule has 0 saturated heterocycles. The molecule has 0 radical (unpaired) electrons. The van der Waals surface area contributed by atoms with Gasteiger partial charge in [0.1, 0.15) is 0 Å². The van der Waals surface area contributed by atoms with E-state index in [2.05, 4.69) is 26.2 Å². The predicted molar refractivity (Wildman–Crippen MR) is 90.2 cm³/mol. The molecule has 1 heterocycles. The lowest BCUT2D eigenvalue weighted by Gasteiger charge is -2.23. The first-order valence-electron chi connectivity index (χ1n) is 7.66. The SMILES string of the molecule is CN(C(=O)Oc1c(-c2ccc(Br)cc2)nnn1C)C1CCCC1. The Morgan fingerprint density at radius 3 is 2.61 bits per heavy atom. The molecular formula is C16H19BrN4O2. The van der Waals surface area contributed by atoms with Crippen LogP contribution in [0.5, 0.6) is 5.88 Å². The van der Waals surface area contributed by atoms with Crippen molar-refractivity contribution in [3.63, 3.8) is 0 Å². The van der Waals surface area contributed by atoms with Gasteiger partial charge in [-0.1, -0.05) is 46.1 Å². The summed E-state index contributed by atoms with van der Waals surface area (Å²) in [5.74, 6) is 0.363. The molecule has 2 aromatic rings. The molecular weight excluding hydrogens is 360 g/mol. The van der Waals surface area contributed by atoms with Crippen LogP contribution in [0.15, 0.2) is 28.7 Å². The molecule has 1 aliphatic rings. The van der Waals surface area contributed by atoms with Gasteiger partial charge in [0.25, 0.3) is 5.88 Å². The molecule has 0 atom stereocenters. The van der Waals surface area contributed by atoms with E-state index in [1.165, 1.54) is 17.5 Å². The number of halogens is 1. The molecule has 23 heavy (non-hydrogen) atoms. The Labute approximate surface area is 143 Å². The van der Waals surface area contributed by atoms with E-state index >= 15 is 0 Å². The predicted octanol–water partition coefficient (Wildman–Crippen LogP) is 3.62. The van der Waals surface area contributed by atoms with Crippen LogP contribution in [0.1, 0.15) is 25.7 Å². The molecule has 1 saturated carbocycles. The maximum atomic E-state index is 12.4. The van der Waals surface area contributed by atoms with E-state index in [1.54, 1.807) is 19.0 Å². The van der Waals surface area contributed by atoms with Crippen molar-refractivity contribution in [3.05, 3.63) is 28.7 Å². The minimum atomic E-state index is -0.360. The van der Waals surface area contributed by atoms with Crippen molar-refractivity contribution < 1.29 is 9.53 Å². The van der Waals surface area contributed by atoms with Gasteiger partial charge in [0.05, 0.1) is 0 Å². The maximum absolute atomic E-state index is 12.4. The molecule has 6 nitrogen and oxygen atoms in total. The Morgan fingerprint density at radius 1 is 1.30 bits per heavy atom. The number of amides is 1. The molecule has 0 unspecified atom stereocenters. The second-order valence-electron chi connectivity index (χ2n) is 5.79. The summed E-state index contributed by atoms with van der Waals surface area (Å²) < 4.78 is 8.05.